The van der Waals surface area contributed by atoms with Crippen molar-refractivity contribution in [1.29, 1.82) is 0 Å². The van der Waals surface area contributed by atoms with Gasteiger partial charge < -0.3 is 15.7 Å². The molecule has 0 radical (unpaired) electrons. The molecule has 0 spiro atoms. The van der Waals surface area contributed by atoms with Crippen LogP contribution in [0.15, 0.2) is 42.5 Å². The van der Waals surface area contributed by atoms with Crippen molar-refractivity contribution in [2.45, 2.75) is 6.04 Å². The van der Waals surface area contributed by atoms with Crippen LogP contribution in [0.5, 0.6) is 5.75 Å². The molecule has 0 saturated heterocycles. The number of halogens is 1. The van der Waals surface area contributed by atoms with Gasteiger partial charge in [-0.15, -0.1) is 0 Å². The SMILES string of the molecule is O=C1Nc2c(Cl)ccc(O)c2C(c2ccccc2)N1. The van der Waals surface area contributed by atoms with Gasteiger partial charge >= 0.3 is 6.03 Å². The molecule has 5 heteroatoms. The highest BCUT2D eigenvalue weighted by Gasteiger charge is 2.29. The van der Waals surface area contributed by atoms with E-state index < -0.39 is 6.04 Å². The minimum Gasteiger partial charge on any atom is -0.507 e. The number of phenolic OH excluding ortho intramolecular Hbond substituents is 1. The smallest absolute Gasteiger partial charge is 0.320 e. The lowest BCUT2D eigenvalue weighted by Crippen LogP contribution is -2.38. The maximum Gasteiger partial charge on any atom is 0.320 e. The van der Waals surface area contributed by atoms with E-state index in [0.29, 0.717) is 16.3 Å². The molecule has 2 aromatic carbocycles. The normalized spacial score (nSPS) is 17.3. The third-order valence-corrected chi connectivity index (χ3v) is 3.42. The Morgan fingerprint density at radius 1 is 1.11 bits per heavy atom. The average Bonchev–Trinajstić information content (AvgIpc) is 2.43. The lowest BCUT2D eigenvalue weighted by Gasteiger charge is -2.28. The Hall–Kier alpha value is -2.20. The number of hydrogen-bond acceptors (Lipinski definition) is 2. The highest BCUT2D eigenvalue weighted by atomic mass is 35.5. The van der Waals surface area contributed by atoms with Crippen LogP contribution in [0.3, 0.4) is 0 Å². The first-order valence-corrected chi connectivity index (χ1v) is 6.18. The summed E-state index contributed by atoms with van der Waals surface area (Å²) in [5.41, 5.74) is 1.92. The Morgan fingerprint density at radius 2 is 1.84 bits per heavy atom. The summed E-state index contributed by atoms with van der Waals surface area (Å²) in [5.74, 6) is 0.0979. The predicted molar refractivity (Wildman–Crippen MR) is 73.6 cm³/mol. The van der Waals surface area contributed by atoms with Crippen molar-refractivity contribution in [3.63, 3.8) is 0 Å². The minimum absolute atomic E-state index is 0.0979. The van der Waals surface area contributed by atoms with E-state index in [4.69, 9.17) is 11.6 Å². The summed E-state index contributed by atoms with van der Waals surface area (Å²) >= 11 is 6.08. The number of carbonyl (C=O) groups is 1. The Morgan fingerprint density at radius 3 is 2.58 bits per heavy atom. The zero-order chi connectivity index (χ0) is 13.4. The van der Waals surface area contributed by atoms with Gasteiger partial charge in [0.25, 0.3) is 0 Å². The molecule has 0 aromatic heterocycles. The summed E-state index contributed by atoms with van der Waals surface area (Å²) < 4.78 is 0. The standard InChI is InChI=1S/C14H11ClN2O2/c15-9-6-7-10(18)11-12(8-4-2-1-3-5-8)16-14(19)17-13(9)11/h1-7,12,18H,(H2,16,17,19). The Bertz CT molecular complexity index is 643. The van der Waals surface area contributed by atoms with Crippen LogP contribution in [0.25, 0.3) is 0 Å². The summed E-state index contributed by atoms with van der Waals surface area (Å²) in [6, 6.07) is 11.8. The van der Waals surface area contributed by atoms with Crippen LogP contribution in [-0.4, -0.2) is 11.1 Å². The molecule has 1 atom stereocenters. The van der Waals surface area contributed by atoms with Crippen molar-refractivity contribution in [3.05, 3.63) is 58.6 Å². The van der Waals surface area contributed by atoms with Gasteiger partial charge in [0.05, 0.1) is 16.8 Å². The summed E-state index contributed by atoms with van der Waals surface area (Å²) in [7, 11) is 0. The van der Waals surface area contributed by atoms with Crippen LogP contribution >= 0.6 is 11.6 Å². The molecule has 96 valence electrons. The van der Waals surface area contributed by atoms with Crippen molar-refractivity contribution in [3.8, 4) is 5.75 Å². The van der Waals surface area contributed by atoms with E-state index in [1.54, 1.807) is 6.07 Å². The van der Waals surface area contributed by atoms with E-state index in [-0.39, 0.29) is 11.8 Å². The van der Waals surface area contributed by atoms with Crippen LogP contribution in [-0.2, 0) is 0 Å². The Kier molecular flexibility index (Phi) is 2.80. The van der Waals surface area contributed by atoms with Crippen molar-refractivity contribution in [1.82, 2.24) is 5.32 Å². The van der Waals surface area contributed by atoms with E-state index in [1.807, 2.05) is 30.3 Å². The van der Waals surface area contributed by atoms with E-state index in [2.05, 4.69) is 10.6 Å². The number of anilines is 1. The highest BCUT2D eigenvalue weighted by Crippen LogP contribution is 2.41. The fourth-order valence-corrected chi connectivity index (χ4v) is 2.46. The number of rotatable bonds is 1. The van der Waals surface area contributed by atoms with E-state index in [1.165, 1.54) is 6.07 Å². The Labute approximate surface area is 115 Å². The molecule has 2 amide bonds. The van der Waals surface area contributed by atoms with Crippen molar-refractivity contribution >= 4 is 23.3 Å². The molecule has 3 rings (SSSR count). The molecule has 1 unspecified atom stereocenters. The Balaban J connectivity index is 2.20. The van der Waals surface area contributed by atoms with Crippen LogP contribution in [0.4, 0.5) is 10.5 Å². The van der Waals surface area contributed by atoms with Crippen LogP contribution < -0.4 is 10.6 Å². The first-order chi connectivity index (χ1) is 9.16. The van der Waals surface area contributed by atoms with Gasteiger partial charge in [0.2, 0.25) is 0 Å². The predicted octanol–water partition coefficient (Wildman–Crippen LogP) is 3.27. The largest absolute Gasteiger partial charge is 0.507 e. The van der Waals surface area contributed by atoms with Gasteiger partial charge in [-0.05, 0) is 17.7 Å². The average molecular weight is 275 g/mol. The quantitative estimate of drug-likeness (QED) is 0.747. The topological polar surface area (TPSA) is 61.4 Å². The van der Waals surface area contributed by atoms with Crippen molar-refractivity contribution in [2.24, 2.45) is 0 Å². The number of benzene rings is 2. The zero-order valence-electron chi connectivity index (χ0n) is 9.85. The summed E-state index contributed by atoms with van der Waals surface area (Å²) in [5, 5.41) is 15.9. The van der Waals surface area contributed by atoms with Crippen molar-refractivity contribution < 1.29 is 9.90 Å². The molecule has 19 heavy (non-hydrogen) atoms. The van der Waals surface area contributed by atoms with Crippen LogP contribution in [0, 0.1) is 0 Å². The fourth-order valence-electron chi connectivity index (χ4n) is 2.25. The number of aromatic hydroxyl groups is 1. The monoisotopic (exact) mass is 274 g/mol. The molecular formula is C14H11ClN2O2. The van der Waals surface area contributed by atoms with Gasteiger partial charge in [-0.2, -0.15) is 0 Å². The first-order valence-electron chi connectivity index (χ1n) is 5.80. The number of hydrogen-bond donors (Lipinski definition) is 3. The van der Waals surface area contributed by atoms with Crippen LogP contribution in [0.2, 0.25) is 5.02 Å². The third-order valence-electron chi connectivity index (χ3n) is 3.11. The van der Waals surface area contributed by atoms with E-state index >= 15 is 0 Å². The second-order valence-corrected chi connectivity index (χ2v) is 4.70. The fraction of sp³-hybridized carbons (Fsp3) is 0.0714. The second-order valence-electron chi connectivity index (χ2n) is 4.30. The number of amides is 2. The number of fused-ring (bicyclic) bond motifs is 1. The number of phenols is 1. The van der Waals surface area contributed by atoms with Crippen molar-refractivity contribution in [2.75, 3.05) is 5.32 Å². The van der Waals surface area contributed by atoms with Gasteiger partial charge in [-0.25, -0.2) is 4.79 Å². The molecule has 0 bridgehead atoms. The number of urea groups is 1. The molecular weight excluding hydrogens is 264 g/mol. The van der Waals surface area contributed by atoms with Gasteiger partial charge in [-0.1, -0.05) is 41.9 Å². The molecule has 1 aliphatic heterocycles. The summed E-state index contributed by atoms with van der Waals surface area (Å²) in [6.45, 7) is 0. The van der Waals surface area contributed by atoms with Gasteiger partial charge in [0.15, 0.2) is 0 Å². The maximum absolute atomic E-state index is 11.7. The molecule has 0 saturated carbocycles. The van der Waals surface area contributed by atoms with E-state index in [0.717, 1.165) is 5.56 Å². The van der Waals surface area contributed by atoms with Gasteiger partial charge in [0, 0.05) is 5.56 Å². The lowest BCUT2D eigenvalue weighted by molar-refractivity contribution is 0.248. The highest BCUT2D eigenvalue weighted by molar-refractivity contribution is 6.34. The number of nitrogens with one attached hydrogen (secondary N) is 2. The zero-order valence-corrected chi connectivity index (χ0v) is 10.6. The molecule has 1 aliphatic rings. The van der Waals surface area contributed by atoms with Gasteiger partial charge in [-0.3, -0.25) is 0 Å². The molecule has 0 aliphatic carbocycles. The molecule has 2 aromatic rings. The van der Waals surface area contributed by atoms with E-state index in [9.17, 15) is 9.90 Å². The second kappa shape index (κ2) is 4.48. The first kappa shape index (κ1) is 11.9. The third kappa shape index (κ3) is 2.00. The van der Waals surface area contributed by atoms with Crippen LogP contribution in [0.1, 0.15) is 17.2 Å². The number of carbonyl (C=O) groups excluding carboxylic acids is 1. The van der Waals surface area contributed by atoms with Gasteiger partial charge in [0.1, 0.15) is 5.75 Å². The maximum atomic E-state index is 11.7. The lowest BCUT2D eigenvalue weighted by atomic mass is 9.95. The molecule has 4 nitrogen and oxygen atoms in total. The summed E-state index contributed by atoms with van der Waals surface area (Å²) in [6.07, 6.45) is 0. The molecule has 3 N–H and O–H groups in total. The molecule has 1 heterocycles. The summed E-state index contributed by atoms with van der Waals surface area (Å²) in [4.78, 5) is 11.7. The molecule has 0 fully saturated rings. The minimum atomic E-state index is -0.413.